The first kappa shape index (κ1) is 10.7. The third kappa shape index (κ3) is 3.08. The first-order valence-electron chi connectivity index (χ1n) is 5.84. The van der Waals surface area contributed by atoms with Crippen LogP contribution in [0, 0.1) is 0 Å². The molecule has 3 nitrogen and oxygen atoms in total. The minimum Gasteiger partial charge on any atom is -0.389 e. The van der Waals surface area contributed by atoms with Crippen molar-refractivity contribution < 1.29 is 5.11 Å². The molecule has 1 aliphatic carbocycles. The fourth-order valence-electron chi connectivity index (χ4n) is 2.29. The Labute approximate surface area is 90.9 Å². The Balaban J connectivity index is 1.72. The summed E-state index contributed by atoms with van der Waals surface area (Å²) in [6.45, 7) is 1.53. The number of aromatic amines is 1. The van der Waals surface area contributed by atoms with Gasteiger partial charge in [0.05, 0.1) is 5.60 Å². The van der Waals surface area contributed by atoms with E-state index in [1.165, 1.54) is 25.0 Å². The molecule has 15 heavy (non-hydrogen) atoms. The fraction of sp³-hybridized carbons (Fsp3) is 0.667. The van der Waals surface area contributed by atoms with Crippen LogP contribution in [0.2, 0.25) is 0 Å². The van der Waals surface area contributed by atoms with Crippen molar-refractivity contribution in [1.82, 2.24) is 10.3 Å². The molecule has 3 N–H and O–H groups in total. The van der Waals surface area contributed by atoms with E-state index < -0.39 is 5.60 Å². The Morgan fingerprint density at radius 3 is 2.80 bits per heavy atom. The first-order valence-corrected chi connectivity index (χ1v) is 5.84. The van der Waals surface area contributed by atoms with Crippen LogP contribution in [0.15, 0.2) is 18.3 Å². The van der Waals surface area contributed by atoms with Crippen LogP contribution in [0.1, 0.15) is 37.8 Å². The number of hydrogen-bond acceptors (Lipinski definition) is 2. The SMILES string of the molecule is OC1(CNCc2ccc[nH]2)CCCCC1. The zero-order chi connectivity index (χ0) is 10.6. The first-order chi connectivity index (χ1) is 7.29. The van der Waals surface area contributed by atoms with Crippen molar-refractivity contribution in [3.05, 3.63) is 24.0 Å². The minimum atomic E-state index is -0.454. The predicted octanol–water partition coefficient (Wildman–Crippen LogP) is 1.80. The number of H-pyrrole nitrogens is 1. The number of rotatable bonds is 4. The lowest BCUT2D eigenvalue weighted by atomic mass is 9.85. The number of nitrogens with one attached hydrogen (secondary N) is 2. The minimum absolute atomic E-state index is 0.454. The highest BCUT2D eigenvalue weighted by atomic mass is 16.3. The molecule has 0 bridgehead atoms. The van der Waals surface area contributed by atoms with Crippen molar-refractivity contribution in [1.29, 1.82) is 0 Å². The van der Waals surface area contributed by atoms with Gasteiger partial charge in [-0.15, -0.1) is 0 Å². The monoisotopic (exact) mass is 208 g/mol. The van der Waals surface area contributed by atoms with Crippen molar-refractivity contribution in [3.8, 4) is 0 Å². The van der Waals surface area contributed by atoms with E-state index in [2.05, 4.69) is 16.4 Å². The lowest BCUT2D eigenvalue weighted by molar-refractivity contribution is 0.00463. The molecule has 84 valence electrons. The van der Waals surface area contributed by atoms with Crippen molar-refractivity contribution in [2.24, 2.45) is 0 Å². The summed E-state index contributed by atoms with van der Waals surface area (Å²) in [5.41, 5.74) is 0.722. The summed E-state index contributed by atoms with van der Waals surface area (Å²) in [4.78, 5) is 3.14. The molecule has 1 fully saturated rings. The molecular formula is C12H20N2O. The number of aliphatic hydroxyl groups is 1. The zero-order valence-corrected chi connectivity index (χ0v) is 9.13. The van der Waals surface area contributed by atoms with Crippen LogP contribution in [-0.2, 0) is 6.54 Å². The van der Waals surface area contributed by atoms with Gasteiger partial charge in [0, 0.05) is 25.0 Å². The van der Waals surface area contributed by atoms with Gasteiger partial charge in [-0.05, 0) is 25.0 Å². The van der Waals surface area contributed by atoms with Gasteiger partial charge < -0.3 is 15.4 Å². The quantitative estimate of drug-likeness (QED) is 0.706. The molecule has 0 radical (unpaired) electrons. The highest BCUT2D eigenvalue weighted by Gasteiger charge is 2.28. The van der Waals surface area contributed by atoms with Gasteiger partial charge in [0.15, 0.2) is 0 Å². The Morgan fingerprint density at radius 2 is 2.13 bits per heavy atom. The van der Waals surface area contributed by atoms with E-state index in [0.29, 0.717) is 6.54 Å². The van der Waals surface area contributed by atoms with Crippen molar-refractivity contribution in [2.75, 3.05) is 6.54 Å². The highest BCUT2D eigenvalue weighted by molar-refractivity contribution is 5.03. The molecule has 1 saturated carbocycles. The van der Waals surface area contributed by atoms with Gasteiger partial charge in [-0.25, -0.2) is 0 Å². The third-order valence-corrected chi connectivity index (χ3v) is 3.22. The van der Waals surface area contributed by atoms with Gasteiger partial charge in [-0.3, -0.25) is 0 Å². The number of aromatic nitrogens is 1. The van der Waals surface area contributed by atoms with E-state index in [1.807, 2.05) is 12.3 Å². The molecule has 1 aliphatic rings. The Morgan fingerprint density at radius 1 is 1.33 bits per heavy atom. The molecule has 1 heterocycles. The van der Waals surface area contributed by atoms with E-state index in [1.54, 1.807) is 0 Å². The van der Waals surface area contributed by atoms with Gasteiger partial charge in [-0.1, -0.05) is 19.3 Å². The van der Waals surface area contributed by atoms with Gasteiger partial charge >= 0.3 is 0 Å². The van der Waals surface area contributed by atoms with Crippen LogP contribution in [0.5, 0.6) is 0 Å². The highest BCUT2D eigenvalue weighted by Crippen LogP contribution is 2.27. The van der Waals surface area contributed by atoms with Crippen molar-refractivity contribution in [2.45, 2.75) is 44.2 Å². The third-order valence-electron chi connectivity index (χ3n) is 3.22. The largest absolute Gasteiger partial charge is 0.389 e. The summed E-state index contributed by atoms with van der Waals surface area (Å²) in [6, 6.07) is 4.05. The van der Waals surface area contributed by atoms with Crippen LogP contribution in [0.25, 0.3) is 0 Å². The fourth-order valence-corrected chi connectivity index (χ4v) is 2.29. The van der Waals surface area contributed by atoms with Crippen LogP contribution in [-0.4, -0.2) is 22.2 Å². The Bertz CT molecular complexity index is 276. The Kier molecular flexibility index (Phi) is 3.44. The van der Waals surface area contributed by atoms with Crippen LogP contribution >= 0.6 is 0 Å². The summed E-state index contributed by atoms with van der Waals surface area (Å²) in [5.74, 6) is 0. The van der Waals surface area contributed by atoms with Crippen LogP contribution < -0.4 is 5.32 Å². The molecule has 0 aliphatic heterocycles. The van der Waals surface area contributed by atoms with E-state index in [9.17, 15) is 5.11 Å². The lowest BCUT2D eigenvalue weighted by Crippen LogP contribution is -2.41. The lowest BCUT2D eigenvalue weighted by Gasteiger charge is -2.32. The molecule has 0 atom stereocenters. The second kappa shape index (κ2) is 4.81. The maximum atomic E-state index is 10.2. The topological polar surface area (TPSA) is 48.0 Å². The van der Waals surface area contributed by atoms with E-state index in [0.717, 1.165) is 19.4 Å². The molecule has 0 aromatic carbocycles. The smallest absolute Gasteiger partial charge is 0.0771 e. The summed E-state index contributed by atoms with van der Waals surface area (Å²) < 4.78 is 0. The average molecular weight is 208 g/mol. The van der Waals surface area contributed by atoms with Crippen LogP contribution in [0.4, 0.5) is 0 Å². The van der Waals surface area contributed by atoms with Gasteiger partial charge in [0.1, 0.15) is 0 Å². The molecule has 0 amide bonds. The molecule has 1 aromatic rings. The van der Waals surface area contributed by atoms with Gasteiger partial charge in [-0.2, -0.15) is 0 Å². The molecule has 0 unspecified atom stereocenters. The number of hydrogen-bond donors (Lipinski definition) is 3. The maximum Gasteiger partial charge on any atom is 0.0771 e. The molecule has 2 rings (SSSR count). The zero-order valence-electron chi connectivity index (χ0n) is 9.13. The van der Waals surface area contributed by atoms with Gasteiger partial charge in [0.2, 0.25) is 0 Å². The predicted molar refractivity (Wildman–Crippen MR) is 60.5 cm³/mol. The van der Waals surface area contributed by atoms with Crippen LogP contribution in [0.3, 0.4) is 0 Å². The molecule has 1 aromatic heterocycles. The molecular weight excluding hydrogens is 188 g/mol. The molecule has 0 saturated heterocycles. The van der Waals surface area contributed by atoms with E-state index in [4.69, 9.17) is 0 Å². The second-order valence-electron chi connectivity index (χ2n) is 4.58. The average Bonchev–Trinajstić information content (AvgIpc) is 2.71. The second-order valence-corrected chi connectivity index (χ2v) is 4.58. The summed E-state index contributed by atoms with van der Waals surface area (Å²) in [7, 11) is 0. The van der Waals surface area contributed by atoms with Gasteiger partial charge in [0.25, 0.3) is 0 Å². The maximum absolute atomic E-state index is 10.2. The standard InChI is InChI=1S/C12H20N2O/c15-12(6-2-1-3-7-12)10-13-9-11-5-4-8-14-11/h4-5,8,13-15H,1-3,6-7,9-10H2. The Hall–Kier alpha value is -0.800. The van der Waals surface area contributed by atoms with E-state index >= 15 is 0 Å². The van der Waals surface area contributed by atoms with E-state index in [-0.39, 0.29) is 0 Å². The van der Waals surface area contributed by atoms with Crippen molar-refractivity contribution >= 4 is 0 Å². The molecule has 0 spiro atoms. The van der Waals surface area contributed by atoms with Crippen molar-refractivity contribution in [3.63, 3.8) is 0 Å². The summed E-state index contributed by atoms with van der Waals surface area (Å²) in [6.07, 6.45) is 7.43. The summed E-state index contributed by atoms with van der Waals surface area (Å²) >= 11 is 0. The normalized spacial score (nSPS) is 20.3. The molecule has 3 heteroatoms. The summed E-state index contributed by atoms with van der Waals surface area (Å²) in [5, 5.41) is 13.5.